The van der Waals surface area contributed by atoms with Crippen LogP contribution in [0, 0.1) is 17.8 Å². The summed E-state index contributed by atoms with van der Waals surface area (Å²) in [5.41, 5.74) is 1.43. The summed E-state index contributed by atoms with van der Waals surface area (Å²) in [4.78, 5) is 111. The van der Waals surface area contributed by atoms with Crippen LogP contribution in [-0.2, 0) is 55.9 Å². The normalized spacial score (nSPS) is 19.3. The topological polar surface area (TPSA) is 293 Å². The predicted molar refractivity (Wildman–Crippen MR) is 290 cm³/mol. The summed E-state index contributed by atoms with van der Waals surface area (Å²) in [6.45, 7) is 11.0. The Morgan fingerprint density at radius 2 is 1.31 bits per heavy atom. The standard InChI is InChI=1S/C57H85N7O13/c1-10-11-12-13-14-15-19-22-47(69)59-42(29-38-20-17-16-18-21-38)45(67)31-48(70)62-52(36(4)5)55(74)60-43(33-65)46(68)32-49(71)61-51(35(2)3)54(73)58-40-25-28-50(72)64(9)53(37(6)7)56(75)63(8)44(57(76)77-34-40)30-39-23-26-41(66)27-24-39/h15-21,23-28,35-37,40,42-46,51-53,65-68H,10-14,22,29-34H2,1-9H3,(H,58,73)(H,59,69)(H,60,74)(H,61,71)(H,62,70)/b19-15-,28-25+/t40-,42+,43+,44+,45+,46+,51+,52+,53+/m1/s1. The number of benzene rings is 2. The van der Waals surface area contributed by atoms with E-state index in [1.807, 2.05) is 36.4 Å². The number of phenolic OH excluding ortho intramolecular Hbond substituents is 1. The second kappa shape index (κ2) is 32.8. The Labute approximate surface area is 453 Å². The molecule has 0 bridgehead atoms. The SMILES string of the molecule is CCCCCC/C=C\CC(=O)N[C@@H](Cc1ccccc1)[C@@H](O)CC(=O)N[C@H](C(=O)N[C@@H](CO)[C@@H](O)CC(=O)N[C@H](C(=O)N[C@@H]1/C=C/C(=O)N(C)[C@@H](C(C)C)C(=O)N(C)[C@@H](Cc2ccc(O)cc2)C(=O)OC1)C(C)C)C(C)C. The lowest BCUT2D eigenvalue weighted by Crippen LogP contribution is -2.57. The minimum absolute atomic E-state index is 0.00198. The van der Waals surface area contributed by atoms with Gasteiger partial charge < -0.3 is 61.5 Å². The predicted octanol–water partition coefficient (Wildman–Crippen LogP) is 2.75. The summed E-state index contributed by atoms with van der Waals surface area (Å²) in [6.07, 6.45) is 7.60. The summed E-state index contributed by atoms with van der Waals surface area (Å²) in [5.74, 6) is -6.72. The summed E-state index contributed by atoms with van der Waals surface area (Å²) in [5, 5.41) is 55.9. The number of esters is 1. The molecule has 3 rings (SSSR count). The smallest absolute Gasteiger partial charge is 0.329 e. The van der Waals surface area contributed by atoms with Crippen molar-refractivity contribution in [3.8, 4) is 5.75 Å². The van der Waals surface area contributed by atoms with E-state index in [9.17, 15) is 58.8 Å². The maximum atomic E-state index is 13.9. The molecule has 1 aliphatic heterocycles. The van der Waals surface area contributed by atoms with Crippen LogP contribution in [-0.4, -0.2) is 159 Å². The van der Waals surface area contributed by atoms with Crippen molar-refractivity contribution in [2.75, 3.05) is 27.3 Å². The molecular formula is C57H85N7O13. The first-order valence-corrected chi connectivity index (χ1v) is 26.8. The molecule has 0 aliphatic carbocycles. The monoisotopic (exact) mass is 1080 g/mol. The van der Waals surface area contributed by atoms with Crippen LogP contribution in [0.15, 0.2) is 78.9 Å². The molecule has 1 aliphatic rings. The number of aromatic hydroxyl groups is 1. The number of cyclic esters (lactones) is 1. The number of amides is 7. The van der Waals surface area contributed by atoms with Crippen LogP contribution < -0.4 is 26.6 Å². The number of hydrogen-bond acceptors (Lipinski definition) is 13. The number of phenols is 1. The zero-order valence-electron chi connectivity index (χ0n) is 46.3. The average Bonchev–Trinajstić information content (AvgIpc) is 3.37. The summed E-state index contributed by atoms with van der Waals surface area (Å²) in [6, 6.07) is 7.28. The molecule has 0 saturated carbocycles. The van der Waals surface area contributed by atoms with Crippen molar-refractivity contribution in [1.29, 1.82) is 0 Å². The minimum Gasteiger partial charge on any atom is -0.508 e. The van der Waals surface area contributed by atoms with Gasteiger partial charge in [0.05, 0.1) is 49.8 Å². The Balaban J connectivity index is 1.69. The van der Waals surface area contributed by atoms with E-state index in [1.165, 1.54) is 42.1 Å². The van der Waals surface area contributed by atoms with Gasteiger partial charge in [-0.2, -0.15) is 0 Å². The van der Waals surface area contributed by atoms with E-state index in [2.05, 4.69) is 33.5 Å². The van der Waals surface area contributed by atoms with Crippen molar-refractivity contribution in [1.82, 2.24) is 36.4 Å². The van der Waals surface area contributed by atoms with Crippen LogP contribution in [0.2, 0.25) is 0 Å². The number of unbranched alkanes of at least 4 members (excludes halogenated alkanes) is 4. The molecule has 2 aromatic carbocycles. The van der Waals surface area contributed by atoms with Gasteiger partial charge in [0.15, 0.2) is 0 Å². The van der Waals surface area contributed by atoms with Crippen molar-refractivity contribution in [3.05, 3.63) is 90.0 Å². The first kappa shape index (κ1) is 64.6. The van der Waals surface area contributed by atoms with Gasteiger partial charge in [-0.1, -0.05) is 128 Å². The Hall–Kier alpha value is -6.64. The number of carbonyl (C=O) groups excluding carboxylic acids is 8. The zero-order valence-corrected chi connectivity index (χ0v) is 46.3. The molecule has 0 aromatic heterocycles. The van der Waals surface area contributed by atoms with E-state index in [-0.39, 0.29) is 36.8 Å². The lowest BCUT2D eigenvalue weighted by molar-refractivity contribution is -0.157. The molecule has 7 amide bonds. The third-order valence-corrected chi connectivity index (χ3v) is 13.4. The summed E-state index contributed by atoms with van der Waals surface area (Å²) < 4.78 is 5.69. The van der Waals surface area contributed by atoms with Crippen molar-refractivity contribution < 1.29 is 63.5 Å². The number of carbonyl (C=O) groups is 8. The van der Waals surface area contributed by atoms with Crippen molar-refractivity contribution >= 4 is 47.3 Å². The number of allylic oxidation sites excluding steroid dienone is 1. The molecule has 0 unspecified atom stereocenters. The zero-order chi connectivity index (χ0) is 57.4. The highest BCUT2D eigenvalue weighted by Crippen LogP contribution is 2.20. The number of ether oxygens (including phenoxy) is 1. The van der Waals surface area contributed by atoms with Crippen molar-refractivity contribution in [3.63, 3.8) is 0 Å². The van der Waals surface area contributed by atoms with E-state index in [0.717, 1.165) is 43.7 Å². The lowest BCUT2D eigenvalue weighted by atomic mass is 9.97. The molecular weight excluding hydrogens is 991 g/mol. The third-order valence-electron chi connectivity index (χ3n) is 13.4. The maximum absolute atomic E-state index is 13.9. The molecule has 0 saturated heterocycles. The van der Waals surface area contributed by atoms with Gasteiger partial charge in [0, 0.05) is 33.0 Å². The van der Waals surface area contributed by atoms with Crippen LogP contribution in [0.4, 0.5) is 0 Å². The van der Waals surface area contributed by atoms with Crippen molar-refractivity contribution in [2.24, 2.45) is 17.8 Å². The second-order valence-corrected chi connectivity index (χ2v) is 20.9. The van der Waals surface area contributed by atoms with E-state index in [4.69, 9.17) is 4.74 Å². The highest BCUT2D eigenvalue weighted by Gasteiger charge is 2.38. The molecule has 0 spiro atoms. The number of nitrogens with one attached hydrogen (secondary N) is 5. The highest BCUT2D eigenvalue weighted by molar-refractivity contribution is 5.95. The van der Waals surface area contributed by atoms with Gasteiger partial charge >= 0.3 is 5.97 Å². The first-order chi connectivity index (χ1) is 36.5. The van der Waals surface area contributed by atoms with Crippen molar-refractivity contribution in [2.45, 2.75) is 167 Å². The fraction of sp³-hybridized carbons (Fsp3) is 0.579. The molecule has 1 heterocycles. The number of likely N-dealkylation sites (N-methyl/N-ethyl adjacent to an activating group) is 2. The third kappa shape index (κ3) is 21.7. The minimum atomic E-state index is -1.69. The van der Waals surface area contributed by atoms with Gasteiger partial charge in [0.2, 0.25) is 41.4 Å². The Bertz CT molecular complexity index is 2290. The van der Waals surface area contributed by atoms with Gasteiger partial charge in [-0.25, -0.2) is 4.79 Å². The van der Waals surface area contributed by atoms with Crippen LogP contribution in [0.5, 0.6) is 5.75 Å². The van der Waals surface area contributed by atoms with Gasteiger partial charge in [-0.05, 0) is 60.3 Å². The fourth-order valence-electron chi connectivity index (χ4n) is 8.78. The average molecular weight is 1080 g/mol. The van der Waals surface area contributed by atoms with Crippen LogP contribution in [0.1, 0.15) is 111 Å². The molecule has 2 aromatic rings. The Morgan fingerprint density at radius 3 is 1.88 bits per heavy atom. The van der Waals surface area contributed by atoms with Crippen LogP contribution in [0.25, 0.3) is 0 Å². The van der Waals surface area contributed by atoms with Crippen LogP contribution >= 0.6 is 0 Å². The van der Waals surface area contributed by atoms with Crippen LogP contribution in [0.3, 0.4) is 0 Å². The van der Waals surface area contributed by atoms with Gasteiger partial charge in [0.25, 0.3) is 0 Å². The summed E-state index contributed by atoms with van der Waals surface area (Å²) >= 11 is 0. The molecule has 20 nitrogen and oxygen atoms in total. The van der Waals surface area contributed by atoms with Gasteiger partial charge in [-0.3, -0.25) is 33.6 Å². The number of hydrogen-bond donors (Lipinski definition) is 9. The van der Waals surface area contributed by atoms with E-state index in [1.54, 1.807) is 59.8 Å². The number of aliphatic hydroxyl groups excluding tert-OH is 3. The fourth-order valence-corrected chi connectivity index (χ4v) is 8.78. The largest absolute Gasteiger partial charge is 0.508 e. The first-order valence-electron chi connectivity index (χ1n) is 26.8. The Kier molecular flexibility index (Phi) is 27.6. The molecule has 426 valence electrons. The number of aliphatic hydroxyl groups is 3. The number of rotatable bonds is 28. The molecule has 77 heavy (non-hydrogen) atoms. The molecule has 0 radical (unpaired) electrons. The number of nitrogens with zero attached hydrogens (tertiary/aromatic N) is 2. The molecule has 9 atom stereocenters. The van der Waals surface area contributed by atoms with E-state index in [0.29, 0.717) is 5.56 Å². The lowest BCUT2D eigenvalue weighted by Gasteiger charge is -2.36. The van der Waals surface area contributed by atoms with Gasteiger partial charge in [0.1, 0.15) is 36.5 Å². The maximum Gasteiger partial charge on any atom is 0.329 e. The van der Waals surface area contributed by atoms with E-state index < -0.39 is 134 Å². The second-order valence-electron chi connectivity index (χ2n) is 20.9. The quantitative estimate of drug-likeness (QED) is 0.0337. The summed E-state index contributed by atoms with van der Waals surface area (Å²) in [7, 11) is 2.90. The molecule has 9 N–H and O–H groups in total. The van der Waals surface area contributed by atoms with Gasteiger partial charge in [-0.15, -0.1) is 0 Å². The Morgan fingerprint density at radius 1 is 0.714 bits per heavy atom. The van der Waals surface area contributed by atoms with E-state index >= 15 is 0 Å². The molecule has 20 heteroatoms. The highest BCUT2D eigenvalue weighted by atomic mass is 16.5. The molecule has 0 fully saturated rings.